The molecule has 1 heterocycles. The van der Waals surface area contributed by atoms with Crippen LogP contribution in [0.15, 0.2) is 36.5 Å². The minimum atomic E-state index is -0.652. The van der Waals surface area contributed by atoms with E-state index in [0.29, 0.717) is 53.0 Å². The van der Waals surface area contributed by atoms with Gasteiger partial charge in [0.1, 0.15) is 5.75 Å². The summed E-state index contributed by atoms with van der Waals surface area (Å²) in [6.45, 7) is 0.567. The van der Waals surface area contributed by atoms with E-state index < -0.39 is 6.04 Å². The Balaban J connectivity index is 1.96. The molecule has 5 N–H and O–H groups in total. The Labute approximate surface area is 204 Å². The highest BCUT2D eigenvalue weighted by atomic mass is 16.5. The third-order valence-corrected chi connectivity index (χ3v) is 5.50. The summed E-state index contributed by atoms with van der Waals surface area (Å²) < 4.78 is 23.4. The molecule has 3 aromatic rings. The number of nitrogens with zero attached hydrogens (tertiary/aromatic N) is 3. The lowest BCUT2D eigenvalue weighted by molar-refractivity contribution is -0.117. The number of hydrogen-bond acceptors (Lipinski definition) is 9. The van der Waals surface area contributed by atoms with Crippen LogP contribution in [-0.4, -0.2) is 61.9 Å². The summed E-state index contributed by atoms with van der Waals surface area (Å²) in [7, 11) is 6.16. The third-order valence-electron chi connectivity index (χ3n) is 5.50. The Hall–Kier alpha value is -3.83. The van der Waals surface area contributed by atoms with E-state index >= 15 is 0 Å². The molecule has 0 spiro atoms. The van der Waals surface area contributed by atoms with Gasteiger partial charge in [0.05, 0.1) is 57.7 Å². The van der Waals surface area contributed by atoms with Crippen LogP contribution in [-0.2, 0) is 4.79 Å². The maximum Gasteiger partial charge on any atom is 0.241 e. The lowest BCUT2D eigenvalue weighted by Crippen LogP contribution is -2.35. The summed E-state index contributed by atoms with van der Waals surface area (Å²) in [5.41, 5.74) is 14.1. The predicted molar refractivity (Wildman–Crippen MR) is 133 cm³/mol. The minimum absolute atomic E-state index is 0.297. The quantitative estimate of drug-likeness (QED) is 0.329. The molecule has 3 rings (SSSR count). The zero-order valence-corrected chi connectivity index (χ0v) is 20.4. The molecule has 2 aromatic carbocycles. The molecule has 0 fully saturated rings. The van der Waals surface area contributed by atoms with Crippen molar-refractivity contribution in [1.82, 2.24) is 15.0 Å². The lowest BCUT2D eigenvalue weighted by Gasteiger charge is -2.16. The number of amides is 1. The molecule has 0 aliphatic rings. The molecule has 0 saturated carbocycles. The third kappa shape index (κ3) is 5.81. The van der Waals surface area contributed by atoms with Gasteiger partial charge in [0, 0.05) is 17.7 Å². The van der Waals surface area contributed by atoms with Gasteiger partial charge in [-0.25, -0.2) is 4.68 Å². The van der Waals surface area contributed by atoms with Crippen molar-refractivity contribution in [3.05, 3.63) is 36.5 Å². The van der Waals surface area contributed by atoms with Crippen LogP contribution in [0.5, 0.6) is 23.0 Å². The highest BCUT2D eigenvalue weighted by molar-refractivity contribution is 5.96. The van der Waals surface area contributed by atoms with Gasteiger partial charge in [0.2, 0.25) is 11.7 Å². The minimum Gasteiger partial charge on any atom is -0.495 e. The number of benzene rings is 2. The van der Waals surface area contributed by atoms with E-state index in [1.165, 1.54) is 14.2 Å². The second-order valence-electron chi connectivity index (χ2n) is 7.71. The summed E-state index contributed by atoms with van der Waals surface area (Å²) in [6.07, 6.45) is 3.76. The molecular formula is C24H32N6O5. The van der Waals surface area contributed by atoms with Crippen molar-refractivity contribution in [2.24, 2.45) is 11.5 Å². The molecule has 0 aliphatic carbocycles. The highest BCUT2D eigenvalue weighted by Crippen LogP contribution is 2.40. The molecule has 188 valence electrons. The Morgan fingerprint density at radius 2 is 1.69 bits per heavy atom. The van der Waals surface area contributed by atoms with Crippen LogP contribution in [0.2, 0.25) is 0 Å². The lowest BCUT2D eigenvalue weighted by atomic mass is 10.1. The van der Waals surface area contributed by atoms with E-state index in [1.54, 1.807) is 49.4 Å². The van der Waals surface area contributed by atoms with E-state index in [-0.39, 0.29) is 5.91 Å². The fourth-order valence-electron chi connectivity index (χ4n) is 3.64. The smallest absolute Gasteiger partial charge is 0.241 e. The van der Waals surface area contributed by atoms with Gasteiger partial charge in [0.25, 0.3) is 0 Å². The molecule has 11 nitrogen and oxygen atoms in total. The van der Waals surface area contributed by atoms with Crippen molar-refractivity contribution in [2.75, 3.05) is 40.3 Å². The SMILES string of the molecule is COc1ccc(-c2cnnn2-c2cc(OC)c(OC)c(OC)c2)cc1NC(=O)C(N)CCCCN. The van der Waals surface area contributed by atoms with E-state index in [1.807, 2.05) is 6.07 Å². The van der Waals surface area contributed by atoms with Crippen LogP contribution >= 0.6 is 0 Å². The van der Waals surface area contributed by atoms with Gasteiger partial charge >= 0.3 is 0 Å². The topological polar surface area (TPSA) is 149 Å². The molecule has 0 aliphatic heterocycles. The zero-order chi connectivity index (χ0) is 25.4. The Kier molecular flexibility index (Phi) is 8.87. The molecule has 1 atom stereocenters. The number of ether oxygens (including phenoxy) is 4. The van der Waals surface area contributed by atoms with Crippen molar-refractivity contribution in [3.63, 3.8) is 0 Å². The van der Waals surface area contributed by atoms with Crippen LogP contribution in [0.1, 0.15) is 19.3 Å². The Morgan fingerprint density at radius 1 is 1.00 bits per heavy atom. The maximum atomic E-state index is 12.7. The number of nitrogens with two attached hydrogens (primary N) is 2. The summed E-state index contributed by atoms with van der Waals surface area (Å²) in [4.78, 5) is 12.7. The standard InChI is InChI=1S/C24H32N6O5/c1-32-20-9-8-15(11-18(20)28-24(31)17(26)7-5-6-10-25)19-14-27-29-30(19)16-12-21(33-2)23(35-4)22(13-16)34-3/h8-9,11-14,17H,5-7,10,25-26H2,1-4H3,(H,28,31). The van der Waals surface area contributed by atoms with Gasteiger partial charge in [-0.1, -0.05) is 11.6 Å². The zero-order valence-electron chi connectivity index (χ0n) is 20.4. The number of anilines is 1. The van der Waals surface area contributed by atoms with Gasteiger partial charge in [-0.2, -0.15) is 0 Å². The molecule has 0 saturated heterocycles. The second kappa shape index (κ2) is 12.0. The highest BCUT2D eigenvalue weighted by Gasteiger charge is 2.19. The van der Waals surface area contributed by atoms with E-state index in [2.05, 4.69) is 15.6 Å². The molecule has 0 radical (unpaired) electrons. The van der Waals surface area contributed by atoms with Crippen molar-refractivity contribution in [1.29, 1.82) is 0 Å². The van der Waals surface area contributed by atoms with Crippen LogP contribution < -0.4 is 35.7 Å². The summed E-state index contributed by atoms with van der Waals surface area (Å²) in [5, 5.41) is 11.2. The van der Waals surface area contributed by atoms with Crippen molar-refractivity contribution in [3.8, 4) is 39.9 Å². The molecule has 1 amide bonds. The fourth-order valence-corrected chi connectivity index (χ4v) is 3.64. The van der Waals surface area contributed by atoms with E-state index in [4.69, 9.17) is 30.4 Å². The molecule has 11 heteroatoms. The average molecular weight is 485 g/mol. The van der Waals surface area contributed by atoms with Crippen molar-refractivity contribution in [2.45, 2.75) is 25.3 Å². The molecule has 0 bridgehead atoms. The fraction of sp³-hybridized carbons (Fsp3) is 0.375. The number of methoxy groups -OCH3 is 4. The van der Waals surface area contributed by atoms with Gasteiger partial charge in [-0.15, -0.1) is 5.10 Å². The molecular weight excluding hydrogens is 452 g/mol. The van der Waals surface area contributed by atoms with E-state index in [9.17, 15) is 4.79 Å². The van der Waals surface area contributed by atoms with E-state index in [0.717, 1.165) is 18.4 Å². The first-order valence-electron chi connectivity index (χ1n) is 11.1. The van der Waals surface area contributed by atoms with Crippen molar-refractivity contribution >= 4 is 11.6 Å². The second-order valence-corrected chi connectivity index (χ2v) is 7.71. The maximum absolute atomic E-state index is 12.7. The first-order valence-corrected chi connectivity index (χ1v) is 11.1. The largest absolute Gasteiger partial charge is 0.495 e. The first-order chi connectivity index (χ1) is 17.0. The van der Waals surface area contributed by atoms with Crippen LogP contribution in [0.3, 0.4) is 0 Å². The molecule has 35 heavy (non-hydrogen) atoms. The number of carbonyl (C=O) groups excluding carboxylic acids is 1. The van der Waals surface area contributed by atoms with Crippen molar-refractivity contribution < 1.29 is 23.7 Å². The molecule has 1 aromatic heterocycles. The van der Waals surface area contributed by atoms with Gasteiger partial charge < -0.3 is 35.7 Å². The molecule has 1 unspecified atom stereocenters. The van der Waals surface area contributed by atoms with Gasteiger partial charge in [0.15, 0.2) is 11.5 Å². The summed E-state index contributed by atoms with van der Waals surface area (Å²) >= 11 is 0. The monoisotopic (exact) mass is 484 g/mol. The number of hydrogen-bond donors (Lipinski definition) is 3. The normalized spacial score (nSPS) is 11.6. The van der Waals surface area contributed by atoms with Crippen LogP contribution in [0, 0.1) is 0 Å². The Bertz CT molecular complexity index is 1120. The predicted octanol–water partition coefficient (Wildman–Crippen LogP) is 2.36. The number of rotatable bonds is 12. The number of aromatic nitrogens is 3. The Morgan fingerprint density at radius 3 is 2.29 bits per heavy atom. The van der Waals surface area contributed by atoms with Gasteiger partial charge in [-0.3, -0.25) is 4.79 Å². The van der Waals surface area contributed by atoms with Crippen LogP contribution in [0.25, 0.3) is 16.9 Å². The number of carbonyl (C=O) groups is 1. The van der Waals surface area contributed by atoms with Gasteiger partial charge in [-0.05, 0) is 37.6 Å². The van der Waals surface area contributed by atoms with Crippen LogP contribution in [0.4, 0.5) is 5.69 Å². The summed E-state index contributed by atoms with van der Waals surface area (Å²) in [6, 6.07) is 8.29. The number of unbranched alkanes of at least 4 members (excludes halogenated alkanes) is 1. The number of nitrogens with one attached hydrogen (secondary N) is 1. The average Bonchev–Trinajstić information content (AvgIpc) is 3.37. The first kappa shape index (κ1) is 25.8. The summed E-state index contributed by atoms with van der Waals surface area (Å²) in [5.74, 6) is 1.64.